The second kappa shape index (κ2) is 3.89. The van der Waals surface area contributed by atoms with Crippen LogP contribution in [0.4, 0.5) is 0 Å². The van der Waals surface area contributed by atoms with E-state index in [1.54, 1.807) is 0 Å². The van der Waals surface area contributed by atoms with E-state index >= 15 is 0 Å². The number of carbonyl (C=O) groups is 1. The Morgan fingerprint density at radius 3 is 2.57 bits per heavy atom. The predicted molar refractivity (Wildman–Crippen MR) is 23.8 cm³/mol. The second-order valence-electron chi connectivity index (χ2n) is 0.756. The number of halogens is 1. The van der Waals surface area contributed by atoms with E-state index in [0.717, 1.165) is 0 Å². The van der Waals surface area contributed by atoms with E-state index in [-0.39, 0.29) is 5.88 Å². The minimum atomic E-state index is -0.579. The molecule has 0 heterocycles. The van der Waals surface area contributed by atoms with Gasteiger partial charge >= 0.3 is 5.97 Å². The molecule has 0 aliphatic carbocycles. The van der Waals surface area contributed by atoms with Gasteiger partial charge in [0.15, 0.2) is 0 Å². The van der Waals surface area contributed by atoms with E-state index in [0.29, 0.717) is 0 Å². The molecule has 0 aromatic heterocycles. The highest BCUT2D eigenvalue weighted by molar-refractivity contribution is 6.26. The van der Waals surface area contributed by atoms with Gasteiger partial charge in [-0.1, -0.05) is 0 Å². The number of carbonyl (C=O) groups excluding carboxylic acids is 1. The summed E-state index contributed by atoms with van der Waals surface area (Å²) in [5.41, 5.74) is 0. The Morgan fingerprint density at radius 1 is 1.86 bits per heavy atom. The van der Waals surface area contributed by atoms with Gasteiger partial charge in [-0.25, -0.2) is 4.79 Å². The second-order valence-corrected chi connectivity index (χ2v) is 1.02. The summed E-state index contributed by atoms with van der Waals surface area (Å²) in [4.78, 5) is 17.8. The van der Waals surface area contributed by atoms with Crippen LogP contribution in [0.2, 0.25) is 0 Å². The van der Waals surface area contributed by atoms with Crippen molar-refractivity contribution in [3.63, 3.8) is 0 Å². The van der Waals surface area contributed by atoms with Crippen LogP contribution in [0.1, 0.15) is 0 Å². The summed E-state index contributed by atoms with van der Waals surface area (Å²) in [6, 6.07) is 0. The van der Waals surface area contributed by atoms with Crippen LogP contribution < -0.4 is 0 Å². The first-order valence-corrected chi connectivity index (χ1v) is 2.14. The molecule has 0 radical (unpaired) electrons. The largest absolute Gasteiger partial charge is 0.356 e. The topological polar surface area (TPSA) is 35.5 Å². The summed E-state index contributed by atoms with van der Waals surface area (Å²) in [6.45, 7) is 0. The Morgan fingerprint density at radius 2 is 2.43 bits per heavy atom. The van der Waals surface area contributed by atoms with Crippen LogP contribution in [-0.4, -0.2) is 19.0 Å². The lowest BCUT2D eigenvalue weighted by atomic mass is 10.8. The Bertz CT molecular complexity index is 63.2. The van der Waals surface area contributed by atoms with E-state index < -0.39 is 5.97 Å². The summed E-state index contributed by atoms with van der Waals surface area (Å²) >= 11 is 4.98. The first kappa shape index (κ1) is 6.72. The van der Waals surface area contributed by atoms with Crippen molar-refractivity contribution in [3.05, 3.63) is 0 Å². The summed E-state index contributed by atoms with van der Waals surface area (Å²) in [7, 11) is 1.24. The standard InChI is InChI=1S/C3H5ClO3/c1-6-7-3(5)2-4/h2H2,1H3. The fourth-order valence-electron chi connectivity index (χ4n) is 0.115. The third-order valence-corrected chi connectivity index (χ3v) is 0.504. The zero-order valence-electron chi connectivity index (χ0n) is 3.81. The van der Waals surface area contributed by atoms with Crippen LogP contribution in [-0.2, 0) is 14.6 Å². The van der Waals surface area contributed by atoms with Crippen molar-refractivity contribution < 1.29 is 14.6 Å². The zero-order valence-corrected chi connectivity index (χ0v) is 4.57. The molecule has 0 aromatic carbocycles. The Hall–Kier alpha value is -0.280. The van der Waals surface area contributed by atoms with Crippen molar-refractivity contribution in [3.8, 4) is 0 Å². The lowest BCUT2D eigenvalue weighted by Gasteiger charge is -1.90. The molecule has 0 unspecified atom stereocenters. The van der Waals surface area contributed by atoms with Gasteiger partial charge in [0.05, 0.1) is 7.11 Å². The monoisotopic (exact) mass is 124 g/mol. The minimum absolute atomic E-state index is 0.173. The van der Waals surface area contributed by atoms with E-state index in [2.05, 4.69) is 9.78 Å². The molecule has 0 aliphatic heterocycles. The van der Waals surface area contributed by atoms with Crippen molar-refractivity contribution >= 4 is 17.6 Å². The van der Waals surface area contributed by atoms with Gasteiger partial charge in [-0.15, -0.1) is 11.6 Å². The predicted octanol–water partition coefficient (Wildman–Crippen LogP) is 0.330. The van der Waals surface area contributed by atoms with E-state index in [1.165, 1.54) is 7.11 Å². The van der Waals surface area contributed by atoms with Crippen LogP contribution in [0.25, 0.3) is 0 Å². The highest BCUT2D eigenvalue weighted by Crippen LogP contribution is 1.79. The molecule has 42 valence electrons. The maximum atomic E-state index is 9.93. The Kier molecular flexibility index (Phi) is 3.74. The average Bonchev–Trinajstić information content (AvgIpc) is 1.68. The van der Waals surface area contributed by atoms with Gasteiger partial charge in [-0.2, -0.15) is 4.89 Å². The molecule has 3 nitrogen and oxygen atoms in total. The smallest absolute Gasteiger partial charge is 0.297 e. The van der Waals surface area contributed by atoms with Crippen LogP contribution >= 0.6 is 11.6 Å². The maximum absolute atomic E-state index is 9.93. The normalized spacial score (nSPS) is 8.29. The number of rotatable bonds is 2. The molecular formula is C3H5ClO3. The molecule has 0 spiro atoms. The fraction of sp³-hybridized carbons (Fsp3) is 0.667. The third-order valence-electron chi connectivity index (χ3n) is 0.285. The number of hydrogen-bond donors (Lipinski definition) is 0. The van der Waals surface area contributed by atoms with Crippen LogP contribution in [0.5, 0.6) is 0 Å². The van der Waals surface area contributed by atoms with Gasteiger partial charge in [0.2, 0.25) is 0 Å². The SMILES string of the molecule is COOC(=O)CCl. The van der Waals surface area contributed by atoms with Gasteiger partial charge in [0.1, 0.15) is 5.88 Å². The van der Waals surface area contributed by atoms with E-state index in [1.807, 2.05) is 0 Å². The molecule has 0 bridgehead atoms. The molecule has 0 amide bonds. The zero-order chi connectivity index (χ0) is 5.70. The van der Waals surface area contributed by atoms with Crippen LogP contribution in [0.3, 0.4) is 0 Å². The average molecular weight is 125 g/mol. The molecule has 4 heteroatoms. The molecule has 0 N–H and O–H groups in total. The van der Waals surface area contributed by atoms with Gasteiger partial charge < -0.3 is 0 Å². The van der Waals surface area contributed by atoms with E-state index in [9.17, 15) is 4.79 Å². The highest BCUT2D eigenvalue weighted by Gasteiger charge is 1.95. The molecule has 0 atom stereocenters. The van der Waals surface area contributed by atoms with Gasteiger partial charge in [0, 0.05) is 0 Å². The molecule has 0 aliphatic rings. The lowest BCUT2D eigenvalue weighted by molar-refractivity contribution is -0.252. The summed E-state index contributed by atoms with van der Waals surface area (Å²) in [5, 5.41) is 0. The third kappa shape index (κ3) is 3.55. The number of alkyl halides is 1. The molecule has 0 rings (SSSR count). The van der Waals surface area contributed by atoms with Crippen molar-refractivity contribution in [1.82, 2.24) is 0 Å². The lowest BCUT2D eigenvalue weighted by Crippen LogP contribution is -2.03. The summed E-state index contributed by atoms with van der Waals surface area (Å²) in [6.07, 6.45) is 0. The molecular weight excluding hydrogens is 119 g/mol. The quantitative estimate of drug-likeness (QED) is 0.302. The first-order valence-electron chi connectivity index (χ1n) is 1.60. The summed E-state index contributed by atoms with van der Waals surface area (Å²) < 4.78 is 0. The Labute approximate surface area is 46.1 Å². The molecule has 7 heavy (non-hydrogen) atoms. The van der Waals surface area contributed by atoms with Crippen LogP contribution in [0, 0.1) is 0 Å². The fourth-order valence-corrected chi connectivity index (χ4v) is 0.160. The first-order chi connectivity index (χ1) is 3.31. The van der Waals surface area contributed by atoms with E-state index in [4.69, 9.17) is 11.6 Å². The van der Waals surface area contributed by atoms with Crippen LogP contribution in [0.15, 0.2) is 0 Å². The van der Waals surface area contributed by atoms with Crippen molar-refractivity contribution in [2.45, 2.75) is 0 Å². The molecule has 0 fully saturated rings. The van der Waals surface area contributed by atoms with Crippen molar-refractivity contribution in [2.24, 2.45) is 0 Å². The van der Waals surface area contributed by atoms with Crippen molar-refractivity contribution in [1.29, 1.82) is 0 Å². The Balaban J connectivity index is 3.00. The molecule has 0 saturated carbocycles. The maximum Gasteiger partial charge on any atom is 0.356 e. The summed E-state index contributed by atoms with van der Waals surface area (Å²) in [5.74, 6) is -0.752. The van der Waals surface area contributed by atoms with Gasteiger partial charge in [0.25, 0.3) is 0 Å². The molecule has 0 saturated heterocycles. The van der Waals surface area contributed by atoms with Crippen molar-refractivity contribution in [2.75, 3.05) is 13.0 Å². The molecule has 0 aromatic rings. The number of hydrogen-bond acceptors (Lipinski definition) is 3. The minimum Gasteiger partial charge on any atom is -0.297 e. The highest BCUT2D eigenvalue weighted by atomic mass is 35.5. The van der Waals surface area contributed by atoms with Gasteiger partial charge in [-0.05, 0) is 0 Å². The van der Waals surface area contributed by atoms with Gasteiger partial charge in [-0.3, -0.25) is 4.89 Å².